The van der Waals surface area contributed by atoms with Crippen molar-refractivity contribution in [3.8, 4) is 78.4 Å². The van der Waals surface area contributed by atoms with Gasteiger partial charge in [-0.05, 0) is 119 Å². The molecule has 0 bridgehead atoms. The molecule has 2 aliphatic rings. The second kappa shape index (κ2) is 16.0. The normalized spacial score (nSPS) is 14.5. The van der Waals surface area contributed by atoms with E-state index in [0.29, 0.717) is 5.82 Å². The molecule has 10 aromatic carbocycles. The standard InChI is InChI=1S/C66H48N2/c1-66(2)60-40-58-50(39-59(60)63-56-26-13-11-23-53(56)54-24-12-14-27-57(54)64(63)66)36-37-51(52-22-9-10-25-55(52)58)49-21-15-20-48(38-49)44-30-34-46(35-31-44)62-41-61(67-65(68-62)47-18-7-4-8-19-47)45-32-28-43(29-33-45)42-16-5-3-6-17-42/h3-35,38-41,51H,36-37H2,1-2H3. The van der Waals surface area contributed by atoms with Crippen LogP contribution in [0.25, 0.3) is 100.0 Å². The Labute approximate surface area is 398 Å². The molecule has 1 unspecified atom stereocenters. The molecule has 0 radical (unpaired) electrons. The van der Waals surface area contributed by atoms with Crippen LogP contribution >= 0.6 is 0 Å². The Balaban J connectivity index is 0.839. The van der Waals surface area contributed by atoms with Crippen LogP contribution in [0, 0.1) is 0 Å². The lowest BCUT2D eigenvalue weighted by Gasteiger charge is -2.25. The highest BCUT2D eigenvalue weighted by atomic mass is 14.9. The highest BCUT2D eigenvalue weighted by Gasteiger charge is 2.40. The number of aryl methyl sites for hydroxylation is 1. The SMILES string of the molecule is CC1(C)c2cc3c(cc2-c2c1c1ccccc1c1ccccc21)CCC(c1cccc(-c2ccc(-c4cc(-c5ccc(-c6ccccc6)cc5)nc(-c5ccccc5)n4)cc2)c1)c1ccccc1-3. The Hall–Kier alpha value is -8.20. The predicted molar refractivity (Wildman–Crippen MR) is 284 cm³/mol. The van der Waals surface area contributed by atoms with Crippen LogP contribution in [0.1, 0.15) is 54.0 Å². The summed E-state index contributed by atoms with van der Waals surface area (Å²) in [4.78, 5) is 10.2. The van der Waals surface area contributed by atoms with Crippen molar-refractivity contribution >= 4 is 21.5 Å². The number of hydrogen-bond donors (Lipinski definition) is 0. The van der Waals surface area contributed by atoms with Crippen LogP contribution in [0.15, 0.2) is 224 Å². The van der Waals surface area contributed by atoms with E-state index in [2.05, 4.69) is 220 Å². The minimum atomic E-state index is -0.150. The Bertz CT molecular complexity index is 3740. The lowest BCUT2D eigenvalue weighted by atomic mass is 9.78. The van der Waals surface area contributed by atoms with Gasteiger partial charge in [-0.25, -0.2) is 9.97 Å². The zero-order valence-corrected chi connectivity index (χ0v) is 38.2. The summed E-state index contributed by atoms with van der Waals surface area (Å²) in [5.41, 5.74) is 22.2. The summed E-state index contributed by atoms with van der Waals surface area (Å²) < 4.78 is 0. The Morgan fingerprint density at radius 2 is 0.926 bits per heavy atom. The van der Waals surface area contributed by atoms with Crippen LogP contribution in [-0.2, 0) is 11.8 Å². The van der Waals surface area contributed by atoms with Crippen molar-refractivity contribution in [1.29, 1.82) is 0 Å². The molecule has 2 nitrogen and oxygen atoms in total. The maximum absolute atomic E-state index is 5.14. The van der Waals surface area contributed by atoms with Crippen LogP contribution in [-0.4, -0.2) is 9.97 Å². The zero-order chi connectivity index (χ0) is 45.3. The monoisotopic (exact) mass is 868 g/mol. The molecule has 0 amide bonds. The van der Waals surface area contributed by atoms with E-state index in [0.717, 1.165) is 40.9 Å². The van der Waals surface area contributed by atoms with Gasteiger partial charge in [-0.1, -0.05) is 226 Å². The second-order valence-corrected chi connectivity index (χ2v) is 19.2. The van der Waals surface area contributed by atoms with E-state index >= 15 is 0 Å². The lowest BCUT2D eigenvalue weighted by Crippen LogP contribution is -2.16. The van der Waals surface area contributed by atoms with Gasteiger partial charge in [0, 0.05) is 28.0 Å². The quantitative estimate of drug-likeness (QED) is 0.156. The second-order valence-electron chi connectivity index (χ2n) is 19.2. The molecule has 1 aromatic heterocycles. The first kappa shape index (κ1) is 40.1. The topological polar surface area (TPSA) is 25.8 Å². The van der Waals surface area contributed by atoms with Crippen molar-refractivity contribution in [1.82, 2.24) is 9.97 Å². The number of aromatic nitrogens is 2. The van der Waals surface area contributed by atoms with Crippen molar-refractivity contribution < 1.29 is 0 Å². The van der Waals surface area contributed by atoms with E-state index in [9.17, 15) is 0 Å². The van der Waals surface area contributed by atoms with E-state index in [1.807, 2.05) is 18.2 Å². The van der Waals surface area contributed by atoms with E-state index in [4.69, 9.17) is 9.97 Å². The first-order chi connectivity index (χ1) is 33.5. The molecule has 0 spiro atoms. The van der Waals surface area contributed by atoms with Crippen molar-refractivity contribution in [2.24, 2.45) is 0 Å². The molecule has 2 heteroatoms. The molecule has 322 valence electrons. The van der Waals surface area contributed by atoms with Gasteiger partial charge in [-0.15, -0.1) is 0 Å². The third-order valence-corrected chi connectivity index (χ3v) is 14.9. The van der Waals surface area contributed by atoms with Gasteiger partial charge in [0.2, 0.25) is 0 Å². The Morgan fingerprint density at radius 1 is 0.397 bits per heavy atom. The zero-order valence-electron chi connectivity index (χ0n) is 38.2. The first-order valence-corrected chi connectivity index (χ1v) is 24.0. The van der Waals surface area contributed by atoms with Crippen LogP contribution in [0.2, 0.25) is 0 Å². The van der Waals surface area contributed by atoms with Crippen molar-refractivity contribution in [2.45, 2.75) is 38.0 Å². The van der Waals surface area contributed by atoms with Crippen molar-refractivity contribution in [2.75, 3.05) is 0 Å². The number of benzene rings is 10. The summed E-state index contributed by atoms with van der Waals surface area (Å²) in [7, 11) is 0. The molecule has 0 saturated heterocycles. The molecule has 0 saturated carbocycles. The van der Waals surface area contributed by atoms with Gasteiger partial charge < -0.3 is 0 Å². The van der Waals surface area contributed by atoms with Crippen LogP contribution < -0.4 is 0 Å². The molecule has 1 heterocycles. The summed E-state index contributed by atoms with van der Waals surface area (Å²) >= 11 is 0. The minimum Gasteiger partial charge on any atom is -0.228 e. The molecule has 11 aromatic rings. The summed E-state index contributed by atoms with van der Waals surface area (Å²) in [5, 5.41) is 5.40. The maximum atomic E-state index is 5.14. The van der Waals surface area contributed by atoms with E-state index in [1.54, 1.807) is 0 Å². The highest BCUT2D eigenvalue weighted by Crippen LogP contribution is 2.56. The predicted octanol–water partition coefficient (Wildman–Crippen LogP) is 17.2. The average Bonchev–Trinajstić information content (AvgIpc) is 3.52. The summed E-state index contributed by atoms with van der Waals surface area (Å²) in [6.45, 7) is 4.88. The fourth-order valence-electron chi connectivity index (χ4n) is 11.6. The average molecular weight is 869 g/mol. The van der Waals surface area contributed by atoms with Gasteiger partial charge in [-0.3, -0.25) is 0 Å². The van der Waals surface area contributed by atoms with Gasteiger partial charge in [0.25, 0.3) is 0 Å². The van der Waals surface area contributed by atoms with E-state index in [1.165, 1.54) is 93.9 Å². The van der Waals surface area contributed by atoms with Gasteiger partial charge in [0.1, 0.15) is 0 Å². The first-order valence-electron chi connectivity index (χ1n) is 24.0. The summed E-state index contributed by atoms with van der Waals surface area (Å²) in [5.74, 6) is 0.975. The molecule has 0 fully saturated rings. The Kier molecular flexibility index (Phi) is 9.44. The molecule has 0 aliphatic heterocycles. The summed E-state index contributed by atoms with van der Waals surface area (Å²) in [6.07, 6.45) is 2.04. The molecular weight excluding hydrogens is 821 g/mol. The third-order valence-electron chi connectivity index (χ3n) is 14.9. The molecule has 13 rings (SSSR count). The lowest BCUT2D eigenvalue weighted by molar-refractivity contribution is 0.666. The van der Waals surface area contributed by atoms with Crippen LogP contribution in [0.3, 0.4) is 0 Å². The summed E-state index contributed by atoms with van der Waals surface area (Å²) in [6, 6.07) is 82.2. The van der Waals surface area contributed by atoms with Crippen molar-refractivity contribution in [3.05, 3.63) is 252 Å². The molecule has 0 N–H and O–H groups in total. The van der Waals surface area contributed by atoms with E-state index < -0.39 is 0 Å². The van der Waals surface area contributed by atoms with Gasteiger partial charge in [0.05, 0.1) is 11.4 Å². The largest absolute Gasteiger partial charge is 0.228 e. The molecule has 68 heavy (non-hydrogen) atoms. The van der Waals surface area contributed by atoms with Crippen molar-refractivity contribution in [3.63, 3.8) is 0 Å². The smallest absolute Gasteiger partial charge is 0.160 e. The Morgan fingerprint density at radius 3 is 1.62 bits per heavy atom. The fraction of sp³-hybridized carbons (Fsp3) is 0.0909. The third kappa shape index (κ3) is 6.62. The maximum Gasteiger partial charge on any atom is 0.160 e. The highest BCUT2D eigenvalue weighted by molar-refractivity contribution is 6.18. The van der Waals surface area contributed by atoms with Crippen LogP contribution in [0.5, 0.6) is 0 Å². The molecule has 1 atom stereocenters. The number of rotatable bonds is 6. The fourth-order valence-corrected chi connectivity index (χ4v) is 11.6. The van der Waals surface area contributed by atoms with Gasteiger partial charge >= 0.3 is 0 Å². The van der Waals surface area contributed by atoms with Crippen LogP contribution in [0.4, 0.5) is 0 Å². The number of hydrogen-bond acceptors (Lipinski definition) is 2. The number of fused-ring (bicyclic) bond motifs is 11. The van der Waals surface area contributed by atoms with Gasteiger partial charge in [0.15, 0.2) is 5.82 Å². The minimum absolute atomic E-state index is 0.150. The molecule has 2 aliphatic carbocycles. The molecular formula is C66H48N2. The van der Waals surface area contributed by atoms with E-state index in [-0.39, 0.29) is 11.3 Å². The van der Waals surface area contributed by atoms with Gasteiger partial charge in [-0.2, -0.15) is 0 Å². The number of nitrogens with zero attached hydrogens (tertiary/aromatic N) is 2.